The number of carbonyl (C=O) groups excluding carboxylic acids is 1. The zero-order valence-corrected chi connectivity index (χ0v) is 16.2. The summed E-state index contributed by atoms with van der Waals surface area (Å²) in [6.07, 6.45) is 4.96. The minimum absolute atomic E-state index is 0.332. The molecule has 5 nitrogen and oxygen atoms in total. The molecule has 0 bridgehead atoms. The normalized spacial score (nSPS) is 13.3. The van der Waals surface area contributed by atoms with Crippen LogP contribution in [0, 0.1) is 0 Å². The molecule has 3 heterocycles. The maximum absolute atomic E-state index is 11.7. The van der Waals surface area contributed by atoms with E-state index < -0.39 is 0 Å². The molecule has 4 aromatic rings. The summed E-state index contributed by atoms with van der Waals surface area (Å²) >= 11 is 0. The summed E-state index contributed by atoms with van der Waals surface area (Å²) in [5.41, 5.74) is 8.53. The first-order valence-corrected chi connectivity index (χ1v) is 9.72. The predicted octanol–water partition coefficient (Wildman–Crippen LogP) is 4.33. The highest BCUT2D eigenvalue weighted by Crippen LogP contribution is 2.32. The molecule has 2 aromatic heterocycles. The molecule has 1 aliphatic rings. The number of ether oxygens (including phenoxy) is 1. The zero-order chi connectivity index (χ0) is 19.8. The van der Waals surface area contributed by atoms with Gasteiger partial charge in [0, 0.05) is 35.5 Å². The van der Waals surface area contributed by atoms with Crippen molar-refractivity contribution in [3.05, 3.63) is 77.6 Å². The lowest BCUT2D eigenvalue weighted by Crippen LogP contribution is -2.23. The third-order valence-corrected chi connectivity index (χ3v) is 5.57. The number of nitrogens with one attached hydrogen (secondary N) is 2. The Morgan fingerprint density at radius 2 is 1.83 bits per heavy atom. The fourth-order valence-electron chi connectivity index (χ4n) is 3.96. The second kappa shape index (κ2) is 7.18. The van der Waals surface area contributed by atoms with Crippen molar-refractivity contribution in [1.82, 2.24) is 15.3 Å². The molecule has 144 valence electrons. The van der Waals surface area contributed by atoms with Gasteiger partial charge in [-0.05, 0) is 59.5 Å². The van der Waals surface area contributed by atoms with Gasteiger partial charge >= 0.3 is 5.97 Å². The molecule has 0 unspecified atom stereocenters. The first kappa shape index (κ1) is 17.6. The van der Waals surface area contributed by atoms with Crippen LogP contribution in [0.25, 0.3) is 33.3 Å². The number of nitrogens with zero attached hydrogens (tertiary/aromatic N) is 1. The number of H-pyrrole nitrogens is 1. The molecule has 0 aliphatic carbocycles. The minimum atomic E-state index is -0.332. The van der Waals surface area contributed by atoms with Crippen LogP contribution in [0.3, 0.4) is 0 Å². The Morgan fingerprint density at radius 1 is 1.00 bits per heavy atom. The van der Waals surface area contributed by atoms with E-state index in [2.05, 4.69) is 39.6 Å². The SMILES string of the molecule is COC(=O)c1ccc(-c2c[nH]c3ncc(-c4ccc5c(c4)CNCC5)cc23)cc1. The summed E-state index contributed by atoms with van der Waals surface area (Å²) in [4.78, 5) is 19.6. The lowest BCUT2D eigenvalue weighted by Gasteiger charge is -2.18. The van der Waals surface area contributed by atoms with E-state index in [9.17, 15) is 4.79 Å². The van der Waals surface area contributed by atoms with E-state index in [-0.39, 0.29) is 5.97 Å². The van der Waals surface area contributed by atoms with Crippen LogP contribution in [0.5, 0.6) is 0 Å². The van der Waals surface area contributed by atoms with E-state index in [0.29, 0.717) is 5.56 Å². The molecular weight excluding hydrogens is 362 g/mol. The maximum atomic E-state index is 11.7. The number of hydrogen-bond acceptors (Lipinski definition) is 4. The van der Waals surface area contributed by atoms with Crippen LogP contribution in [-0.4, -0.2) is 29.6 Å². The largest absolute Gasteiger partial charge is 0.465 e. The minimum Gasteiger partial charge on any atom is -0.465 e. The Hall–Kier alpha value is -3.44. The zero-order valence-electron chi connectivity index (χ0n) is 16.2. The highest BCUT2D eigenvalue weighted by atomic mass is 16.5. The standard InChI is InChI=1S/C24H21N3O2/c1-29-24(28)17-5-3-16(4-6-17)22-14-27-23-21(22)11-20(13-26-23)18-7-2-15-8-9-25-12-19(15)10-18/h2-7,10-11,13-14,25H,8-9,12H2,1H3,(H,26,27). The molecule has 5 rings (SSSR count). The van der Waals surface area contributed by atoms with Crippen molar-refractivity contribution in [3.8, 4) is 22.3 Å². The molecule has 2 aromatic carbocycles. The van der Waals surface area contributed by atoms with Gasteiger partial charge in [-0.2, -0.15) is 0 Å². The van der Waals surface area contributed by atoms with Crippen molar-refractivity contribution in [2.45, 2.75) is 13.0 Å². The Morgan fingerprint density at radius 3 is 2.66 bits per heavy atom. The summed E-state index contributed by atoms with van der Waals surface area (Å²) in [5, 5.41) is 4.50. The summed E-state index contributed by atoms with van der Waals surface area (Å²) in [5.74, 6) is -0.332. The lowest BCUT2D eigenvalue weighted by molar-refractivity contribution is 0.0601. The van der Waals surface area contributed by atoms with Gasteiger partial charge in [0.15, 0.2) is 0 Å². The molecule has 0 spiro atoms. The summed E-state index contributed by atoms with van der Waals surface area (Å²) in [6, 6.07) is 16.3. The number of rotatable bonds is 3. The molecular formula is C24H21N3O2. The Kier molecular flexibility index (Phi) is 4.37. The average molecular weight is 383 g/mol. The number of benzene rings is 2. The second-order valence-corrected chi connectivity index (χ2v) is 7.30. The maximum Gasteiger partial charge on any atom is 0.337 e. The van der Waals surface area contributed by atoms with Gasteiger partial charge in [-0.1, -0.05) is 24.3 Å². The predicted molar refractivity (Wildman–Crippen MR) is 114 cm³/mol. The van der Waals surface area contributed by atoms with Gasteiger partial charge in [-0.3, -0.25) is 0 Å². The summed E-state index contributed by atoms with van der Waals surface area (Å²) in [7, 11) is 1.39. The third kappa shape index (κ3) is 3.19. The number of fused-ring (bicyclic) bond motifs is 2. The Bertz CT molecular complexity index is 1210. The van der Waals surface area contributed by atoms with Crippen molar-refractivity contribution in [3.63, 3.8) is 0 Å². The first-order valence-electron chi connectivity index (χ1n) is 9.72. The topological polar surface area (TPSA) is 67.0 Å². The fourth-order valence-corrected chi connectivity index (χ4v) is 3.96. The number of aromatic nitrogens is 2. The number of carbonyl (C=O) groups is 1. The van der Waals surface area contributed by atoms with Gasteiger partial charge in [0.25, 0.3) is 0 Å². The summed E-state index contributed by atoms with van der Waals surface area (Å²) < 4.78 is 4.78. The number of methoxy groups -OCH3 is 1. The van der Waals surface area contributed by atoms with Gasteiger partial charge < -0.3 is 15.0 Å². The Labute approximate surface area is 168 Å². The van der Waals surface area contributed by atoms with E-state index in [1.165, 1.54) is 23.8 Å². The van der Waals surface area contributed by atoms with Crippen LogP contribution >= 0.6 is 0 Å². The van der Waals surface area contributed by atoms with Gasteiger partial charge in [0.1, 0.15) is 5.65 Å². The molecule has 1 aliphatic heterocycles. The van der Waals surface area contributed by atoms with Crippen LogP contribution in [0.4, 0.5) is 0 Å². The number of aromatic amines is 1. The number of pyridine rings is 1. The van der Waals surface area contributed by atoms with E-state index in [1.807, 2.05) is 24.5 Å². The smallest absolute Gasteiger partial charge is 0.337 e. The summed E-state index contributed by atoms with van der Waals surface area (Å²) in [6.45, 7) is 1.96. The monoisotopic (exact) mass is 383 g/mol. The molecule has 0 atom stereocenters. The lowest BCUT2D eigenvalue weighted by atomic mass is 9.95. The van der Waals surface area contributed by atoms with Crippen LogP contribution in [0.15, 0.2) is 60.9 Å². The van der Waals surface area contributed by atoms with Crippen molar-refractivity contribution in [2.75, 3.05) is 13.7 Å². The molecule has 29 heavy (non-hydrogen) atoms. The molecule has 5 heteroatoms. The van der Waals surface area contributed by atoms with E-state index in [1.54, 1.807) is 12.1 Å². The highest BCUT2D eigenvalue weighted by Gasteiger charge is 2.13. The second-order valence-electron chi connectivity index (χ2n) is 7.30. The third-order valence-electron chi connectivity index (χ3n) is 5.57. The van der Waals surface area contributed by atoms with Gasteiger partial charge in [-0.15, -0.1) is 0 Å². The Balaban J connectivity index is 1.55. The van der Waals surface area contributed by atoms with Crippen molar-refractivity contribution < 1.29 is 9.53 Å². The van der Waals surface area contributed by atoms with Crippen LogP contribution in [0.1, 0.15) is 21.5 Å². The van der Waals surface area contributed by atoms with E-state index in [4.69, 9.17) is 4.74 Å². The quantitative estimate of drug-likeness (QED) is 0.517. The van der Waals surface area contributed by atoms with Gasteiger partial charge in [0.05, 0.1) is 12.7 Å². The van der Waals surface area contributed by atoms with Crippen molar-refractivity contribution in [2.24, 2.45) is 0 Å². The van der Waals surface area contributed by atoms with Crippen LogP contribution < -0.4 is 5.32 Å². The first-order chi connectivity index (χ1) is 14.2. The van der Waals surface area contributed by atoms with Gasteiger partial charge in [0.2, 0.25) is 0 Å². The molecule has 0 fully saturated rings. The average Bonchev–Trinajstić information content (AvgIpc) is 3.21. The van der Waals surface area contributed by atoms with Crippen molar-refractivity contribution >= 4 is 17.0 Å². The van der Waals surface area contributed by atoms with Crippen LogP contribution in [0.2, 0.25) is 0 Å². The van der Waals surface area contributed by atoms with Crippen LogP contribution in [-0.2, 0) is 17.7 Å². The molecule has 0 amide bonds. The fraction of sp³-hybridized carbons (Fsp3) is 0.167. The highest BCUT2D eigenvalue weighted by molar-refractivity contribution is 5.97. The van der Waals surface area contributed by atoms with Gasteiger partial charge in [-0.25, -0.2) is 9.78 Å². The van der Waals surface area contributed by atoms with Crippen molar-refractivity contribution in [1.29, 1.82) is 0 Å². The van der Waals surface area contributed by atoms with E-state index in [0.717, 1.165) is 47.2 Å². The number of esters is 1. The molecule has 0 saturated heterocycles. The van der Waals surface area contributed by atoms with E-state index >= 15 is 0 Å². The molecule has 0 radical (unpaired) electrons. The number of hydrogen-bond donors (Lipinski definition) is 2. The molecule has 2 N–H and O–H groups in total. The molecule has 0 saturated carbocycles.